The van der Waals surface area contributed by atoms with Crippen LogP contribution in [0.5, 0.6) is 0 Å². The number of hydrogen-bond acceptors (Lipinski definition) is 3. The highest BCUT2D eigenvalue weighted by molar-refractivity contribution is 4.88. The van der Waals surface area contributed by atoms with Gasteiger partial charge in [0.2, 0.25) is 0 Å². The molecule has 0 bridgehead atoms. The van der Waals surface area contributed by atoms with Crippen LogP contribution in [0.2, 0.25) is 0 Å². The van der Waals surface area contributed by atoms with E-state index in [1.54, 1.807) is 0 Å². The molecule has 20 heavy (non-hydrogen) atoms. The third kappa shape index (κ3) is 5.01. The molecule has 0 aromatic rings. The van der Waals surface area contributed by atoms with Crippen molar-refractivity contribution in [2.45, 2.75) is 70.9 Å². The molecule has 3 nitrogen and oxygen atoms in total. The van der Waals surface area contributed by atoms with Gasteiger partial charge in [-0.2, -0.15) is 0 Å². The van der Waals surface area contributed by atoms with Crippen molar-refractivity contribution in [3.8, 4) is 0 Å². The lowest BCUT2D eigenvalue weighted by atomic mass is 9.81. The Bertz CT molecular complexity index is 268. The minimum absolute atomic E-state index is 0.437. The summed E-state index contributed by atoms with van der Waals surface area (Å²) in [5, 5.41) is 3.75. The van der Waals surface area contributed by atoms with Crippen LogP contribution in [-0.2, 0) is 4.74 Å². The maximum absolute atomic E-state index is 5.88. The van der Waals surface area contributed by atoms with E-state index in [-0.39, 0.29) is 0 Å². The second kappa shape index (κ2) is 7.77. The monoisotopic (exact) mass is 282 g/mol. The van der Waals surface area contributed by atoms with E-state index >= 15 is 0 Å². The van der Waals surface area contributed by atoms with Crippen LogP contribution in [0.25, 0.3) is 0 Å². The molecule has 1 saturated heterocycles. The van der Waals surface area contributed by atoms with Crippen LogP contribution in [0.1, 0.15) is 58.8 Å². The zero-order chi connectivity index (χ0) is 14.4. The topological polar surface area (TPSA) is 24.5 Å². The first kappa shape index (κ1) is 16.3. The number of nitrogens with one attached hydrogen (secondary N) is 1. The molecule has 2 aliphatic rings. The van der Waals surface area contributed by atoms with Crippen LogP contribution in [0.3, 0.4) is 0 Å². The first-order valence-electron chi connectivity index (χ1n) is 8.71. The summed E-state index contributed by atoms with van der Waals surface area (Å²) >= 11 is 0. The zero-order valence-electron chi connectivity index (χ0n) is 13.8. The first-order valence-corrected chi connectivity index (χ1v) is 8.71. The summed E-state index contributed by atoms with van der Waals surface area (Å²) in [6, 6.07) is 0.819. The molecule has 0 aromatic heterocycles. The summed E-state index contributed by atoms with van der Waals surface area (Å²) in [6.07, 6.45) is 9.60. The van der Waals surface area contributed by atoms with Gasteiger partial charge in [-0.05, 0) is 57.4 Å². The Morgan fingerprint density at radius 3 is 2.45 bits per heavy atom. The molecule has 1 saturated carbocycles. The fourth-order valence-corrected chi connectivity index (χ4v) is 3.36. The lowest BCUT2D eigenvalue weighted by Crippen LogP contribution is -2.45. The molecular formula is C17H34N2O. The van der Waals surface area contributed by atoms with Crippen molar-refractivity contribution >= 4 is 0 Å². The van der Waals surface area contributed by atoms with Crippen LogP contribution >= 0.6 is 0 Å². The van der Waals surface area contributed by atoms with Gasteiger partial charge in [-0.3, -0.25) is 0 Å². The smallest absolute Gasteiger partial charge is 0.0701 e. The van der Waals surface area contributed by atoms with E-state index in [2.05, 4.69) is 31.1 Å². The zero-order valence-corrected chi connectivity index (χ0v) is 13.8. The van der Waals surface area contributed by atoms with Gasteiger partial charge in [0.1, 0.15) is 0 Å². The number of rotatable bonds is 9. The molecule has 0 aromatic carbocycles. The third-order valence-electron chi connectivity index (χ3n) is 5.24. The van der Waals surface area contributed by atoms with Gasteiger partial charge in [0.05, 0.1) is 6.10 Å². The summed E-state index contributed by atoms with van der Waals surface area (Å²) in [6.45, 7) is 9.14. The van der Waals surface area contributed by atoms with Crippen molar-refractivity contribution < 1.29 is 4.74 Å². The quantitative estimate of drug-likeness (QED) is 0.703. The van der Waals surface area contributed by atoms with Gasteiger partial charge in [0, 0.05) is 32.3 Å². The van der Waals surface area contributed by atoms with E-state index in [9.17, 15) is 0 Å². The van der Waals surface area contributed by atoms with Gasteiger partial charge >= 0.3 is 0 Å². The fraction of sp³-hybridized carbons (Fsp3) is 1.00. The van der Waals surface area contributed by atoms with Crippen molar-refractivity contribution in [1.82, 2.24) is 10.2 Å². The van der Waals surface area contributed by atoms with Gasteiger partial charge in [-0.1, -0.05) is 13.8 Å². The molecule has 3 heteroatoms. The lowest BCUT2D eigenvalue weighted by molar-refractivity contribution is -0.00853. The van der Waals surface area contributed by atoms with Crippen molar-refractivity contribution in [2.24, 2.45) is 5.41 Å². The van der Waals surface area contributed by atoms with E-state index < -0.39 is 0 Å². The normalized spacial score (nSPS) is 24.3. The molecule has 1 heterocycles. The molecule has 118 valence electrons. The van der Waals surface area contributed by atoms with Gasteiger partial charge in [-0.25, -0.2) is 0 Å². The summed E-state index contributed by atoms with van der Waals surface area (Å²) in [5.74, 6) is 0. The Kier molecular flexibility index (Phi) is 6.31. The van der Waals surface area contributed by atoms with Gasteiger partial charge in [0.25, 0.3) is 0 Å². The molecule has 1 unspecified atom stereocenters. The third-order valence-corrected chi connectivity index (χ3v) is 5.24. The van der Waals surface area contributed by atoms with Crippen molar-refractivity contribution in [1.29, 1.82) is 0 Å². The number of nitrogens with zero attached hydrogens (tertiary/aromatic N) is 1. The summed E-state index contributed by atoms with van der Waals surface area (Å²) in [4.78, 5) is 2.51. The predicted molar refractivity (Wildman–Crippen MR) is 85.1 cm³/mol. The van der Waals surface area contributed by atoms with Crippen LogP contribution in [0.4, 0.5) is 0 Å². The highest BCUT2D eigenvalue weighted by Gasteiger charge is 2.31. The molecule has 2 rings (SSSR count). The van der Waals surface area contributed by atoms with E-state index in [1.165, 1.54) is 58.0 Å². The number of likely N-dealkylation sites (N-methyl/N-ethyl adjacent to an activating group) is 1. The second-order valence-electron chi connectivity index (χ2n) is 7.05. The SMILES string of the molecule is CCC(CC)(CNC1CC1)CN(C)CC1CCCCO1. The molecule has 1 N–H and O–H groups in total. The van der Waals surface area contributed by atoms with E-state index in [4.69, 9.17) is 4.74 Å². The second-order valence-corrected chi connectivity index (χ2v) is 7.05. The maximum atomic E-state index is 5.88. The summed E-state index contributed by atoms with van der Waals surface area (Å²) < 4.78 is 5.88. The molecule has 1 aliphatic heterocycles. The van der Waals surface area contributed by atoms with Crippen molar-refractivity contribution in [2.75, 3.05) is 33.3 Å². The lowest BCUT2D eigenvalue weighted by Gasteiger charge is -2.37. The van der Waals surface area contributed by atoms with Crippen LogP contribution in [0, 0.1) is 5.41 Å². The Balaban J connectivity index is 1.78. The largest absolute Gasteiger partial charge is 0.377 e. The highest BCUT2D eigenvalue weighted by atomic mass is 16.5. The highest BCUT2D eigenvalue weighted by Crippen LogP contribution is 2.29. The number of ether oxygens (including phenoxy) is 1. The molecule has 2 fully saturated rings. The molecule has 0 spiro atoms. The van der Waals surface area contributed by atoms with E-state index in [1.807, 2.05) is 0 Å². The fourth-order valence-electron chi connectivity index (χ4n) is 3.36. The van der Waals surface area contributed by atoms with Crippen LogP contribution in [-0.4, -0.2) is 50.3 Å². The van der Waals surface area contributed by atoms with E-state index in [0.29, 0.717) is 11.5 Å². The van der Waals surface area contributed by atoms with Crippen LogP contribution in [0.15, 0.2) is 0 Å². The Morgan fingerprint density at radius 1 is 1.15 bits per heavy atom. The molecule has 0 radical (unpaired) electrons. The average Bonchev–Trinajstić information content (AvgIpc) is 3.29. The van der Waals surface area contributed by atoms with Crippen molar-refractivity contribution in [3.05, 3.63) is 0 Å². The standard InChI is InChI=1S/C17H34N2O/c1-4-17(5-2,13-18-15-9-10-15)14-19(3)12-16-8-6-7-11-20-16/h15-16,18H,4-14H2,1-3H3. The molecule has 0 amide bonds. The molecule has 1 atom stereocenters. The maximum Gasteiger partial charge on any atom is 0.0701 e. The Hall–Kier alpha value is -0.120. The van der Waals surface area contributed by atoms with Crippen LogP contribution < -0.4 is 5.32 Å². The van der Waals surface area contributed by atoms with Gasteiger partial charge < -0.3 is 15.0 Å². The average molecular weight is 282 g/mol. The van der Waals surface area contributed by atoms with Gasteiger partial charge in [-0.15, -0.1) is 0 Å². The number of hydrogen-bond donors (Lipinski definition) is 1. The predicted octanol–water partition coefficient (Wildman–Crippen LogP) is 3.05. The first-order chi connectivity index (χ1) is 9.67. The van der Waals surface area contributed by atoms with E-state index in [0.717, 1.165) is 19.2 Å². The Morgan fingerprint density at radius 2 is 1.90 bits per heavy atom. The molecule has 1 aliphatic carbocycles. The Labute approximate surface area is 125 Å². The molecular weight excluding hydrogens is 248 g/mol. The summed E-state index contributed by atoms with van der Waals surface area (Å²) in [7, 11) is 2.27. The minimum atomic E-state index is 0.437. The summed E-state index contributed by atoms with van der Waals surface area (Å²) in [5.41, 5.74) is 0.437. The van der Waals surface area contributed by atoms with Gasteiger partial charge in [0.15, 0.2) is 0 Å². The van der Waals surface area contributed by atoms with Crippen molar-refractivity contribution in [3.63, 3.8) is 0 Å². The minimum Gasteiger partial charge on any atom is -0.377 e.